The van der Waals surface area contributed by atoms with E-state index >= 15 is 0 Å². The number of alkyl halides is 3. The molecule has 0 spiro atoms. The van der Waals surface area contributed by atoms with E-state index in [9.17, 15) is 27.9 Å². The number of rotatable bonds is 6. The molecule has 1 unspecified atom stereocenters. The predicted molar refractivity (Wildman–Crippen MR) is 159 cm³/mol. The number of aliphatic hydroxyl groups is 1. The van der Waals surface area contributed by atoms with Crippen LogP contribution in [0.25, 0.3) is 5.57 Å². The van der Waals surface area contributed by atoms with Gasteiger partial charge in [-0.3, -0.25) is 9.59 Å². The Balaban J connectivity index is 0.00000405. The Hall–Kier alpha value is -4.15. The number of aliphatic hydroxyl groups excluding tert-OH is 1. The van der Waals surface area contributed by atoms with E-state index in [1.807, 2.05) is 12.1 Å². The van der Waals surface area contributed by atoms with Crippen molar-refractivity contribution >= 4 is 47.0 Å². The minimum Gasteiger partial charge on any atom is -0.383 e. The summed E-state index contributed by atoms with van der Waals surface area (Å²) in [5.74, 6) is -0.103. The number of halogens is 4. The third-order valence-corrected chi connectivity index (χ3v) is 7.16. The number of aromatic nitrogens is 1. The summed E-state index contributed by atoms with van der Waals surface area (Å²) in [6, 6.07) is 13.7. The number of anilines is 3. The molecule has 2 aliphatic heterocycles. The van der Waals surface area contributed by atoms with E-state index in [0.29, 0.717) is 33.6 Å². The van der Waals surface area contributed by atoms with Crippen molar-refractivity contribution in [3.05, 3.63) is 101 Å². The summed E-state index contributed by atoms with van der Waals surface area (Å²) in [5, 5.41) is 15.3. The number of pyridine rings is 1. The molecule has 1 saturated heterocycles. The highest BCUT2D eigenvalue weighted by Gasteiger charge is 2.30. The summed E-state index contributed by atoms with van der Waals surface area (Å²) >= 11 is 0. The maximum absolute atomic E-state index is 13.2. The smallest absolute Gasteiger partial charge is 0.383 e. The van der Waals surface area contributed by atoms with E-state index in [0.717, 1.165) is 43.9 Å². The maximum Gasteiger partial charge on any atom is 0.416 e. The lowest BCUT2D eigenvalue weighted by Crippen LogP contribution is -2.34. The molecule has 3 N–H and O–H groups in total. The summed E-state index contributed by atoms with van der Waals surface area (Å²) in [6.07, 6.45) is 3.99. The zero-order valence-electron chi connectivity index (χ0n) is 22.5. The van der Waals surface area contributed by atoms with Crippen molar-refractivity contribution in [1.82, 2.24) is 4.98 Å². The van der Waals surface area contributed by atoms with Crippen molar-refractivity contribution in [2.75, 3.05) is 28.6 Å². The Labute approximate surface area is 247 Å². The van der Waals surface area contributed by atoms with Gasteiger partial charge in [-0.15, -0.1) is 12.4 Å². The van der Waals surface area contributed by atoms with E-state index in [2.05, 4.69) is 20.5 Å². The summed E-state index contributed by atoms with van der Waals surface area (Å²) in [7, 11) is 0. The second kappa shape index (κ2) is 13.2. The highest BCUT2D eigenvalue weighted by Crippen LogP contribution is 2.32. The molecule has 2 aliphatic rings. The molecule has 0 radical (unpaired) electrons. The lowest BCUT2D eigenvalue weighted by atomic mass is 9.97. The highest BCUT2D eigenvalue weighted by atomic mass is 35.5. The zero-order chi connectivity index (χ0) is 29.0. The van der Waals surface area contributed by atoms with Gasteiger partial charge in [-0.05, 0) is 66.8 Å². The SMILES string of the molecule is Cl.O=C(/C=C/C=C(/c1ccc(C(F)(F)F)cc1)c1ccc(N2CCCCC2)nc1)Nc1cccc2c1CC(O)C(=O)N2. The highest BCUT2D eigenvalue weighted by molar-refractivity contribution is 6.03. The first-order valence-electron chi connectivity index (χ1n) is 13.4. The van der Waals surface area contributed by atoms with Crippen molar-refractivity contribution in [2.24, 2.45) is 0 Å². The van der Waals surface area contributed by atoms with Gasteiger partial charge in [0, 0.05) is 54.3 Å². The Bertz CT molecular complexity index is 1480. The van der Waals surface area contributed by atoms with Gasteiger partial charge in [0.1, 0.15) is 11.9 Å². The number of piperidine rings is 1. The number of benzene rings is 2. The number of carbonyl (C=O) groups excluding carboxylic acids is 2. The molecule has 2 amide bonds. The molecule has 5 rings (SSSR count). The second-order valence-corrected chi connectivity index (χ2v) is 10.00. The molecule has 0 aliphatic carbocycles. The number of carbonyl (C=O) groups is 2. The van der Waals surface area contributed by atoms with Gasteiger partial charge in [0.25, 0.3) is 5.91 Å². The van der Waals surface area contributed by atoms with Gasteiger partial charge in [0.15, 0.2) is 0 Å². The molecule has 7 nitrogen and oxygen atoms in total. The van der Waals surface area contributed by atoms with Crippen molar-refractivity contribution < 1.29 is 27.9 Å². The molecule has 2 aromatic carbocycles. The van der Waals surface area contributed by atoms with E-state index in [1.165, 1.54) is 30.7 Å². The fourth-order valence-corrected chi connectivity index (χ4v) is 5.00. The van der Waals surface area contributed by atoms with Crippen LogP contribution in [0.4, 0.5) is 30.4 Å². The third kappa shape index (κ3) is 7.18. The van der Waals surface area contributed by atoms with E-state index < -0.39 is 29.7 Å². The van der Waals surface area contributed by atoms with Crippen LogP contribution in [-0.4, -0.2) is 41.1 Å². The molecule has 42 heavy (non-hydrogen) atoms. The molecule has 0 saturated carbocycles. The monoisotopic (exact) mass is 598 g/mol. The second-order valence-electron chi connectivity index (χ2n) is 10.00. The Kier molecular flexibility index (Phi) is 9.70. The van der Waals surface area contributed by atoms with Crippen LogP contribution in [0.5, 0.6) is 0 Å². The minimum absolute atomic E-state index is 0. The van der Waals surface area contributed by atoms with Crippen molar-refractivity contribution in [1.29, 1.82) is 0 Å². The number of fused-ring (bicyclic) bond motifs is 1. The molecule has 3 heterocycles. The van der Waals surface area contributed by atoms with Crippen molar-refractivity contribution in [2.45, 2.75) is 38.0 Å². The molecule has 220 valence electrons. The molecular weight excluding hydrogens is 569 g/mol. The fourth-order valence-electron chi connectivity index (χ4n) is 5.00. The van der Waals surface area contributed by atoms with Crippen LogP contribution in [0.2, 0.25) is 0 Å². The summed E-state index contributed by atoms with van der Waals surface area (Å²) in [5.41, 5.74) is 2.68. The van der Waals surface area contributed by atoms with E-state index in [1.54, 1.807) is 30.5 Å². The third-order valence-electron chi connectivity index (χ3n) is 7.16. The topological polar surface area (TPSA) is 94.6 Å². The fraction of sp³-hybridized carbons (Fsp3) is 0.258. The average Bonchev–Trinajstić information content (AvgIpc) is 2.97. The predicted octanol–water partition coefficient (Wildman–Crippen LogP) is 5.99. The van der Waals surface area contributed by atoms with Crippen LogP contribution < -0.4 is 15.5 Å². The number of hydrogen-bond donors (Lipinski definition) is 3. The van der Waals surface area contributed by atoms with Gasteiger partial charge < -0.3 is 20.6 Å². The van der Waals surface area contributed by atoms with Gasteiger partial charge in [0.2, 0.25) is 5.91 Å². The minimum atomic E-state index is -4.45. The molecule has 1 fully saturated rings. The van der Waals surface area contributed by atoms with Crippen LogP contribution >= 0.6 is 12.4 Å². The average molecular weight is 599 g/mol. The zero-order valence-corrected chi connectivity index (χ0v) is 23.3. The molecule has 1 atom stereocenters. The van der Waals surface area contributed by atoms with Gasteiger partial charge in [-0.1, -0.05) is 30.4 Å². The van der Waals surface area contributed by atoms with E-state index in [4.69, 9.17) is 0 Å². The van der Waals surface area contributed by atoms with Crippen LogP contribution in [0, 0.1) is 0 Å². The quantitative estimate of drug-likeness (QED) is 0.239. The van der Waals surface area contributed by atoms with Gasteiger partial charge in [-0.25, -0.2) is 4.98 Å². The van der Waals surface area contributed by atoms with Crippen LogP contribution in [0.15, 0.2) is 79.0 Å². The van der Waals surface area contributed by atoms with Gasteiger partial charge in [-0.2, -0.15) is 13.2 Å². The number of hydrogen-bond acceptors (Lipinski definition) is 5. The van der Waals surface area contributed by atoms with Crippen molar-refractivity contribution in [3.63, 3.8) is 0 Å². The van der Waals surface area contributed by atoms with Gasteiger partial charge >= 0.3 is 6.18 Å². The van der Waals surface area contributed by atoms with Gasteiger partial charge in [0.05, 0.1) is 5.56 Å². The maximum atomic E-state index is 13.2. The normalized spacial score (nSPS) is 17.3. The lowest BCUT2D eigenvalue weighted by molar-refractivity contribution is -0.137. The first-order chi connectivity index (χ1) is 19.7. The lowest BCUT2D eigenvalue weighted by Gasteiger charge is -2.27. The first kappa shape index (κ1) is 30.8. The van der Waals surface area contributed by atoms with Crippen LogP contribution in [0.3, 0.4) is 0 Å². The molecule has 11 heteroatoms. The first-order valence-corrected chi connectivity index (χ1v) is 13.4. The Morgan fingerprint density at radius 1 is 1.02 bits per heavy atom. The largest absolute Gasteiger partial charge is 0.416 e. The van der Waals surface area contributed by atoms with Crippen LogP contribution in [-0.2, 0) is 22.2 Å². The standard InChI is InChI=1S/C31H29F3N4O3.ClH/c32-31(33,34)22-13-10-20(11-14-22)23(21-12-15-28(35-19-21)38-16-2-1-3-17-38)6-4-9-29(40)36-25-7-5-8-26-24(25)18-27(39)30(41)37-26;/h4-15,19,27,39H,1-3,16-18H2,(H,36,40)(H,37,41);1H/b9-4+,23-6-;. The Morgan fingerprint density at radius 2 is 1.74 bits per heavy atom. The Morgan fingerprint density at radius 3 is 2.40 bits per heavy atom. The van der Waals surface area contributed by atoms with E-state index in [-0.39, 0.29) is 18.8 Å². The number of nitrogens with one attached hydrogen (secondary N) is 2. The summed E-state index contributed by atoms with van der Waals surface area (Å²) in [6.45, 7) is 1.86. The molecular formula is C31H30ClF3N4O3. The van der Waals surface area contributed by atoms with Crippen molar-refractivity contribution in [3.8, 4) is 0 Å². The molecule has 0 bridgehead atoms. The molecule has 3 aromatic rings. The number of nitrogens with zero attached hydrogens (tertiary/aromatic N) is 2. The van der Waals surface area contributed by atoms with Crippen LogP contribution in [0.1, 0.15) is 41.5 Å². The number of allylic oxidation sites excluding steroid dienone is 2. The number of amides is 2. The summed E-state index contributed by atoms with van der Waals surface area (Å²) < 4.78 is 39.5. The molecule has 1 aromatic heterocycles. The summed E-state index contributed by atoms with van der Waals surface area (Å²) in [4.78, 5) is 31.3.